The molecule has 0 aliphatic carbocycles. The van der Waals surface area contributed by atoms with Crippen molar-refractivity contribution in [2.75, 3.05) is 23.4 Å². The number of hydrogen-bond acceptors (Lipinski definition) is 4. The van der Waals surface area contributed by atoms with Crippen molar-refractivity contribution in [1.82, 2.24) is 0 Å². The lowest BCUT2D eigenvalue weighted by Gasteiger charge is -2.16. The van der Waals surface area contributed by atoms with Gasteiger partial charge >= 0.3 is 5.97 Å². The van der Waals surface area contributed by atoms with E-state index in [1.54, 1.807) is 35.2 Å². The summed E-state index contributed by atoms with van der Waals surface area (Å²) < 4.78 is 5.09. The molecule has 6 nitrogen and oxygen atoms in total. The van der Waals surface area contributed by atoms with Crippen LogP contribution in [0.15, 0.2) is 42.5 Å². The molecule has 0 atom stereocenters. The summed E-state index contributed by atoms with van der Waals surface area (Å²) in [7, 11) is 0. The molecule has 1 aliphatic rings. The van der Waals surface area contributed by atoms with Crippen molar-refractivity contribution in [3.63, 3.8) is 0 Å². The number of amides is 2. The summed E-state index contributed by atoms with van der Waals surface area (Å²) in [5.41, 5.74) is 3.47. The van der Waals surface area contributed by atoms with Gasteiger partial charge in [0, 0.05) is 29.9 Å². The number of hydrogen-bond donors (Lipinski definition) is 1. The van der Waals surface area contributed by atoms with Crippen LogP contribution in [0.2, 0.25) is 0 Å². The molecule has 28 heavy (non-hydrogen) atoms. The van der Waals surface area contributed by atoms with Gasteiger partial charge in [0.25, 0.3) is 5.91 Å². The first-order valence-electron chi connectivity index (χ1n) is 9.55. The van der Waals surface area contributed by atoms with Gasteiger partial charge in [0.15, 0.2) is 0 Å². The van der Waals surface area contributed by atoms with Crippen LogP contribution in [0.4, 0.5) is 11.4 Å². The number of fused-ring (bicyclic) bond motifs is 1. The Balaban J connectivity index is 1.67. The van der Waals surface area contributed by atoms with Gasteiger partial charge in [0.05, 0.1) is 12.2 Å². The molecule has 6 heteroatoms. The lowest BCUT2D eigenvalue weighted by Crippen LogP contribution is -2.27. The van der Waals surface area contributed by atoms with Crippen LogP contribution in [-0.4, -0.2) is 30.9 Å². The summed E-state index contributed by atoms with van der Waals surface area (Å²) in [6, 6.07) is 12.0. The summed E-state index contributed by atoms with van der Waals surface area (Å²) in [4.78, 5) is 38.1. The highest BCUT2D eigenvalue weighted by atomic mass is 16.5. The zero-order chi connectivity index (χ0) is 20.1. The third kappa shape index (κ3) is 4.22. The largest absolute Gasteiger partial charge is 0.462 e. The minimum atomic E-state index is -0.371. The smallest absolute Gasteiger partial charge is 0.338 e. The van der Waals surface area contributed by atoms with Crippen molar-refractivity contribution in [2.24, 2.45) is 0 Å². The van der Waals surface area contributed by atoms with Crippen molar-refractivity contribution >= 4 is 29.2 Å². The lowest BCUT2D eigenvalue weighted by atomic mass is 10.1. The van der Waals surface area contributed by atoms with Crippen LogP contribution in [0.3, 0.4) is 0 Å². The van der Waals surface area contributed by atoms with Gasteiger partial charge in [-0.05, 0) is 60.9 Å². The number of anilines is 2. The summed E-state index contributed by atoms with van der Waals surface area (Å²) in [6.07, 6.45) is 1.98. The van der Waals surface area contributed by atoms with Crippen molar-refractivity contribution in [2.45, 2.75) is 33.1 Å². The highest BCUT2D eigenvalue weighted by Crippen LogP contribution is 2.29. The van der Waals surface area contributed by atoms with E-state index in [-0.39, 0.29) is 17.8 Å². The van der Waals surface area contributed by atoms with Gasteiger partial charge in [0.2, 0.25) is 5.91 Å². The highest BCUT2D eigenvalue weighted by molar-refractivity contribution is 6.05. The van der Waals surface area contributed by atoms with E-state index in [0.29, 0.717) is 36.4 Å². The van der Waals surface area contributed by atoms with E-state index in [9.17, 15) is 14.4 Å². The zero-order valence-electron chi connectivity index (χ0n) is 16.2. The number of nitrogens with one attached hydrogen (secondary N) is 1. The molecule has 3 rings (SSSR count). The molecule has 1 heterocycles. The standard InChI is InChI=1S/C22H24N2O4/c1-3-13-28-22(27)15-5-8-18(9-6-15)23-21(26)17-7-10-19-16(14-17)11-12-24(19)20(25)4-2/h5-10,14H,3-4,11-13H2,1-2H3,(H,23,26). The van der Waals surface area contributed by atoms with Gasteiger partial charge < -0.3 is 15.0 Å². The second kappa shape index (κ2) is 8.69. The third-order valence-corrected chi connectivity index (χ3v) is 4.66. The number of benzene rings is 2. The molecule has 0 fully saturated rings. The highest BCUT2D eigenvalue weighted by Gasteiger charge is 2.24. The number of esters is 1. The number of carbonyl (C=O) groups is 3. The molecule has 0 unspecified atom stereocenters. The van der Waals surface area contributed by atoms with E-state index in [4.69, 9.17) is 4.74 Å². The van der Waals surface area contributed by atoms with Crippen molar-refractivity contribution in [3.05, 3.63) is 59.2 Å². The third-order valence-electron chi connectivity index (χ3n) is 4.66. The topological polar surface area (TPSA) is 75.7 Å². The predicted molar refractivity (Wildman–Crippen MR) is 108 cm³/mol. The first-order valence-corrected chi connectivity index (χ1v) is 9.55. The van der Waals surface area contributed by atoms with E-state index in [1.807, 2.05) is 26.0 Å². The van der Waals surface area contributed by atoms with Crippen LogP contribution in [0.1, 0.15) is 53.0 Å². The van der Waals surface area contributed by atoms with Gasteiger partial charge in [-0.1, -0.05) is 13.8 Å². The van der Waals surface area contributed by atoms with E-state index >= 15 is 0 Å². The maximum Gasteiger partial charge on any atom is 0.338 e. The molecular weight excluding hydrogens is 356 g/mol. The number of nitrogens with zero attached hydrogens (tertiary/aromatic N) is 1. The van der Waals surface area contributed by atoms with E-state index in [0.717, 1.165) is 24.1 Å². The average Bonchev–Trinajstić information content (AvgIpc) is 3.15. The van der Waals surface area contributed by atoms with E-state index in [2.05, 4.69) is 5.32 Å². The zero-order valence-corrected chi connectivity index (χ0v) is 16.2. The minimum absolute atomic E-state index is 0.0912. The Bertz CT molecular complexity index is 890. The van der Waals surface area contributed by atoms with Gasteiger partial charge in [0.1, 0.15) is 0 Å². The molecule has 0 bridgehead atoms. The maximum atomic E-state index is 12.6. The molecule has 1 N–H and O–H groups in total. The molecule has 0 spiro atoms. The molecule has 0 aromatic heterocycles. The van der Waals surface area contributed by atoms with E-state index in [1.165, 1.54) is 0 Å². The Morgan fingerprint density at radius 1 is 1.04 bits per heavy atom. The van der Waals surface area contributed by atoms with Crippen LogP contribution in [0.25, 0.3) is 0 Å². The molecule has 0 saturated carbocycles. The van der Waals surface area contributed by atoms with Crippen LogP contribution < -0.4 is 10.2 Å². The number of ether oxygens (including phenoxy) is 1. The van der Waals surface area contributed by atoms with Gasteiger partial charge in [-0.15, -0.1) is 0 Å². The molecule has 2 aromatic rings. The molecule has 2 aromatic carbocycles. The first-order chi connectivity index (χ1) is 13.5. The van der Waals surface area contributed by atoms with Crippen LogP contribution in [0.5, 0.6) is 0 Å². The quantitative estimate of drug-likeness (QED) is 0.774. The predicted octanol–water partition coefficient (Wildman–Crippen LogP) is 3.80. The summed E-state index contributed by atoms with van der Waals surface area (Å²) >= 11 is 0. The molecule has 0 saturated heterocycles. The molecule has 0 radical (unpaired) electrons. The van der Waals surface area contributed by atoms with Crippen molar-refractivity contribution in [1.29, 1.82) is 0 Å². The summed E-state index contributed by atoms with van der Waals surface area (Å²) in [5, 5.41) is 2.83. The SMILES string of the molecule is CCCOC(=O)c1ccc(NC(=O)c2ccc3c(c2)CCN3C(=O)CC)cc1. The Morgan fingerprint density at radius 2 is 1.75 bits per heavy atom. The Kier molecular flexibility index (Phi) is 6.09. The molecule has 146 valence electrons. The van der Waals surface area contributed by atoms with Gasteiger partial charge in [-0.2, -0.15) is 0 Å². The summed E-state index contributed by atoms with van der Waals surface area (Å²) in [5.74, 6) is -0.512. The second-order valence-electron chi connectivity index (χ2n) is 6.66. The fourth-order valence-electron chi connectivity index (χ4n) is 3.16. The van der Waals surface area contributed by atoms with E-state index < -0.39 is 0 Å². The average molecular weight is 380 g/mol. The number of rotatable bonds is 6. The van der Waals surface area contributed by atoms with Gasteiger partial charge in [-0.3, -0.25) is 9.59 Å². The molecule has 2 amide bonds. The lowest BCUT2D eigenvalue weighted by molar-refractivity contribution is -0.118. The monoisotopic (exact) mass is 380 g/mol. The Morgan fingerprint density at radius 3 is 2.43 bits per heavy atom. The Hall–Kier alpha value is -3.15. The molecule has 1 aliphatic heterocycles. The Labute approximate surface area is 164 Å². The van der Waals surface area contributed by atoms with Crippen molar-refractivity contribution in [3.8, 4) is 0 Å². The van der Waals surface area contributed by atoms with Crippen LogP contribution >= 0.6 is 0 Å². The maximum absolute atomic E-state index is 12.6. The normalized spacial score (nSPS) is 12.4. The first kappa shape index (κ1) is 19.6. The van der Waals surface area contributed by atoms with Gasteiger partial charge in [-0.25, -0.2) is 4.79 Å². The van der Waals surface area contributed by atoms with Crippen molar-refractivity contribution < 1.29 is 19.1 Å². The van der Waals surface area contributed by atoms with Crippen LogP contribution in [-0.2, 0) is 16.0 Å². The molecular formula is C22H24N2O4. The summed E-state index contributed by atoms with van der Waals surface area (Å²) in [6.45, 7) is 4.82. The fourth-order valence-corrected chi connectivity index (χ4v) is 3.16. The fraction of sp³-hybridized carbons (Fsp3) is 0.318. The number of carbonyl (C=O) groups excluding carboxylic acids is 3. The van der Waals surface area contributed by atoms with Crippen LogP contribution in [0, 0.1) is 0 Å². The second-order valence-corrected chi connectivity index (χ2v) is 6.66. The minimum Gasteiger partial charge on any atom is -0.462 e.